The predicted molar refractivity (Wildman–Crippen MR) is 118 cm³/mol. The Hall–Kier alpha value is -0.200. The molecule has 0 aromatic carbocycles. The lowest BCUT2D eigenvalue weighted by molar-refractivity contribution is -0.0182. The van der Waals surface area contributed by atoms with Gasteiger partial charge in [-0.3, -0.25) is 0 Å². The minimum absolute atomic E-state index is 0.465. The molecule has 5 heteroatoms. The van der Waals surface area contributed by atoms with E-state index in [-0.39, 0.29) is 0 Å². The first-order valence-corrected chi connectivity index (χ1v) is 12.4. The third-order valence-corrected chi connectivity index (χ3v) is 6.75. The molecule has 2 fully saturated rings. The minimum Gasteiger partial charge on any atom is -0.378 e. The molecule has 5 nitrogen and oxygen atoms in total. The number of nitrogens with one attached hydrogen (secondary N) is 1. The third-order valence-electron chi connectivity index (χ3n) is 6.75. The zero-order chi connectivity index (χ0) is 20.6. The molecule has 0 radical (unpaired) electrons. The van der Waals surface area contributed by atoms with Crippen LogP contribution in [0, 0.1) is 11.8 Å². The van der Waals surface area contributed by atoms with Gasteiger partial charge in [0.15, 0.2) is 0 Å². The molecular formula is C24H47NO4. The van der Waals surface area contributed by atoms with Crippen molar-refractivity contribution < 1.29 is 18.9 Å². The second kappa shape index (κ2) is 16.5. The highest BCUT2D eigenvalue weighted by atomic mass is 16.5. The Morgan fingerprint density at radius 3 is 1.34 bits per heavy atom. The molecule has 0 aromatic rings. The first-order chi connectivity index (χ1) is 14.3. The zero-order valence-electron chi connectivity index (χ0n) is 19.2. The fourth-order valence-corrected chi connectivity index (χ4v) is 4.58. The Balaban J connectivity index is 1.26. The van der Waals surface area contributed by atoms with Gasteiger partial charge in [-0.05, 0) is 63.2 Å². The van der Waals surface area contributed by atoms with Gasteiger partial charge in [0.05, 0.1) is 51.8 Å². The first-order valence-electron chi connectivity index (χ1n) is 12.4. The molecule has 0 aliphatic heterocycles. The summed E-state index contributed by atoms with van der Waals surface area (Å²) in [6.07, 6.45) is 13.8. The largest absolute Gasteiger partial charge is 0.378 e. The molecule has 2 aliphatic carbocycles. The number of hydrogen-bond donors (Lipinski definition) is 1. The molecule has 2 rings (SSSR count). The summed E-state index contributed by atoms with van der Waals surface area (Å²) in [6.45, 7) is 10.6. The normalized spacial score (nSPS) is 27.9. The molecule has 0 bridgehead atoms. The summed E-state index contributed by atoms with van der Waals surface area (Å²) in [6, 6.07) is 0. The summed E-state index contributed by atoms with van der Waals surface area (Å²) >= 11 is 0. The lowest BCUT2D eigenvalue weighted by Crippen LogP contribution is -2.26. The van der Waals surface area contributed by atoms with Crippen LogP contribution in [-0.4, -0.2) is 64.9 Å². The molecule has 0 saturated heterocycles. The van der Waals surface area contributed by atoms with E-state index in [2.05, 4.69) is 19.2 Å². The number of hydrogen-bond acceptors (Lipinski definition) is 5. The lowest BCUT2D eigenvalue weighted by atomic mass is 9.86. The molecule has 0 aromatic heterocycles. The molecule has 1 N–H and O–H groups in total. The van der Waals surface area contributed by atoms with E-state index >= 15 is 0 Å². The Bertz CT molecular complexity index is 332. The highest BCUT2D eigenvalue weighted by molar-refractivity contribution is 4.72. The predicted octanol–water partition coefficient (Wildman–Crippen LogP) is 4.58. The second-order valence-corrected chi connectivity index (χ2v) is 8.82. The fourth-order valence-electron chi connectivity index (χ4n) is 4.58. The maximum Gasteiger partial charge on any atom is 0.0704 e. The molecule has 172 valence electrons. The van der Waals surface area contributed by atoms with Crippen LogP contribution in [0.5, 0.6) is 0 Å². The van der Waals surface area contributed by atoms with Crippen LogP contribution in [0.25, 0.3) is 0 Å². The maximum atomic E-state index is 5.94. The summed E-state index contributed by atoms with van der Waals surface area (Å²) < 4.78 is 23.2. The van der Waals surface area contributed by atoms with Gasteiger partial charge in [-0.25, -0.2) is 0 Å². The van der Waals surface area contributed by atoms with Gasteiger partial charge in [0.1, 0.15) is 0 Å². The van der Waals surface area contributed by atoms with Crippen LogP contribution in [0.15, 0.2) is 0 Å². The van der Waals surface area contributed by atoms with Crippen molar-refractivity contribution in [2.75, 3.05) is 52.7 Å². The summed E-state index contributed by atoms with van der Waals surface area (Å²) in [5.74, 6) is 1.86. The van der Waals surface area contributed by atoms with Crippen molar-refractivity contribution in [3.63, 3.8) is 0 Å². The Kier molecular flexibility index (Phi) is 14.2. The van der Waals surface area contributed by atoms with E-state index in [0.29, 0.717) is 25.4 Å². The molecule has 0 unspecified atom stereocenters. The van der Waals surface area contributed by atoms with Gasteiger partial charge in [-0.1, -0.05) is 26.7 Å². The van der Waals surface area contributed by atoms with E-state index in [1.54, 1.807) is 0 Å². The van der Waals surface area contributed by atoms with Gasteiger partial charge in [-0.15, -0.1) is 0 Å². The van der Waals surface area contributed by atoms with Crippen molar-refractivity contribution in [1.29, 1.82) is 0 Å². The van der Waals surface area contributed by atoms with Crippen molar-refractivity contribution in [2.24, 2.45) is 11.8 Å². The zero-order valence-corrected chi connectivity index (χ0v) is 19.2. The van der Waals surface area contributed by atoms with Crippen molar-refractivity contribution in [2.45, 2.75) is 90.3 Å². The third kappa shape index (κ3) is 11.7. The molecule has 2 saturated carbocycles. The minimum atomic E-state index is 0.465. The highest BCUT2D eigenvalue weighted by Crippen LogP contribution is 2.28. The van der Waals surface area contributed by atoms with Gasteiger partial charge in [-0.2, -0.15) is 0 Å². The Morgan fingerprint density at radius 2 is 0.966 bits per heavy atom. The standard InChI is InChI=1S/C24H47NO4/c1-3-21-5-9-23(10-6-21)28-19-17-26-15-13-25-14-16-27-18-20-29-24-11-7-22(4-2)8-12-24/h21-25H,3-20H2,1-2H3. The molecule has 0 amide bonds. The van der Waals surface area contributed by atoms with E-state index in [1.807, 2.05) is 0 Å². The molecular weight excluding hydrogens is 366 g/mol. The summed E-state index contributed by atoms with van der Waals surface area (Å²) in [5.41, 5.74) is 0. The second-order valence-electron chi connectivity index (χ2n) is 8.82. The van der Waals surface area contributed by atoms with Gasteiger partial charge in [0.25, 0.3) is 0 Å². The fraction of sp³-hybridized carbons (Fsp3) is 1.00. The Labute approximate surface area is 179 Å². The van der Waals surface area contributed by atoms with Crippen molar-refractivity contribution in [3.05, 3.63) is 0 Å². The van der Waals surface area contributed by atoms with Gasteiger partial charge in [0, 0.05) is 13.1 Å². The monoisotopic (exact) mass is 413 g/mol. The summed E-state index contributed by atoms with van der Waals surface area (Å²) in [7, 11) is 0. The van der Waals surface area contributed by atoms with E-state index in [9.17, 15) is 0 Å². The van der Waals surface area contributed by atoms with Crippen LogP contribution >= 0.6 is 0 Å². The van der Waals surface area contributed by atoms with Crippen molar-refractivity contribution >= 4 is 0 Å². The SMILES string of the molecule is CCC1CCC(OCCOCCNCCOCCOC2CCC(CC)CC2)CC1. The molecule has 0 heterocycles. The lowest BCUT2D eigenvalue weighted by Gasteiger charge is -2.27. The number of ether oxygens (including phenoxy) is 4. The van der Waals surface area contributed by atoms with E-state index < -0.39 is 0 Å². The van der Waals surface area contributed by atoms with Gasteiger partial charge in [0.2, 0.25) is 0 Å². The van der Waals surface area contributed by atoms with Crippen LogP contribution in [0.4, 0.5) is 0 Å². The highest BCUT2D eigenvalue weighted by Gasteiger charge is 2.20. The average Bonchev–Trinajstić information content (AvgIpc) is 2.77. The van der Waals surface area contributed by atoms with E-state index in [4.69, 9.17) is 18.9 Å². The first kappa shape index (κ1) is 25.1. The number of rotatable bonds is 16. The maximum absolute atomic E-state index is 5.94. The average molecular weight is 414 g/mol. The van der Waals surface area contributed by atoms with E-state index in [0.717, 1.165) is 51.4 Å². The summed E-state index contributed by atoms with van der Waals surface area (Å²) in [5, 5.41) is 3.36. The van der Waals surface area contributed by atoms with Gasteiger partial charge < -0.3 is 24.3 Å². The Morgan fingerprint density at radius 1 is 0.552 bits per heavy atom. The van der Waals surface area contributed by atoms with Gasteiger partial charge >= 0.3 is 0 Å². The van der Waals surface area contributed by atoms with Crippen molar-refractivity contribution in [1.82, 2.24) is 5.32 Å². The molecule has 29 heavy (non-hydrogen) atoms. The van der Waals surface area contributed by atoms with Crippen LogP contribution in [0.1, 0.15) is 78.1 Å². The molecule has 0 spiro atoms. The topological polar surface area (TPSA) is 49.0 Å². The van der Waals surface area contributed by atoms with E-state index in [1.165, 1.54) is 64.2 Å². The van der Waals surface area contributed by atoms with Crippen LogP contribution in [0.2, 0.25) is 0 Å². The van der Waals surface area contributed by atoms with Crippen molar-refractivity contribution in [3.8, 4) is 0 Å². The van der Waals surface area contributed by atoms with Crippen LogP contribution in [-0.2, 0) is 18.9 Å². The molecule has 0 atom stereocenters. The molecule has 2 aliphatic rings. The van der Waals surface area contributed by atoms with Crippen LogP contribution in [0.3, 0.4) is 0 Å². The smallest absolute Gasteiger partial charge is 0.0704 e. The summed E-state index contributed by atoms with van der Waals surface area (Å²) in [4.78, 5) is 0. The van der Waals surface area contributed by atoms with Crippen LogP contribution < -0.4 is 5.32 Å². The quantitative estimate of drug-likeness (QED) is 0.375.